The number of rotatable bonds is 3. The molecule has 2 heterocycles. The highest BCUT2D eigenvalue weighted by Crippen LogP contribution is 2.30. The molecule has 0 aliphatic carbocycles. The molecule has 1 aromatic carbocycles. The summed E-state index contributed by atoms with van der Waals surface area (Å²) in [6.07, 6.45) is 1.74. The maximum atomic E-state index is 12.2. The lowest BCUT2D eigenvalue weighted by atomic mass is 10.2. The van der Waals surface area contributed by atoms with Gasteiger partial charge in [-0.1, -0.05) is 12.1 Å². The molecule has 22 heavy (non-hydrogen) atoms. The van der Waals surface area contributed by atoms with Crippen LogP contribution in [0.15, 0.2) is 42.6 Å². The average Bonchev–Trinajstić information content (AvgIpc) is 2.68. The molecule has 112 valence electrons. The number of carbonyl (C=O) groups is 2. The van der Waals surface area contributed by atoms with E-state index in [2.05, 4.69) is 15.5 Å². The van der Waals surface area contributed by atoms with Crippen molar-refractivity contribution < 1.29 is 14.3 Å². The van der Waals surface area contributed by atoms with Crippen LogP contribution in [0.4, 0.5) is 11.5 Å². The molecule has 0 fully saturated rings. The summed E-state index contributed by atoms with van der Waals surface area (Å²) in [5, 5.41) is 10.1. The summed E-state index contributed by atoms with van der Waals surface area (Å²) in [6.45, 7) is 0.202. The monoisotopic (exact) mass is 298 g/mol. The van der Waals surface area contributed by atoms with Crippen LogP contribution in [-0.4, -0.2) is 35.2 Å². The Morgan fingerprint density at radius 3 is 2.95 bits per heavy atom. The van der Waals surface area contributed by atoms with E-state index < -0.39 is 0 Å². The smallest absolute Gasteiger partial charge is 0.245 e. The molecular weight excluding hydrogens is 284 g/mol. The lowest BCUT2D eigenvalue weighted by Crippen LogP contribution is -2.37. The Hall–Kier alpha value is -2.96. The van der Waals surface area contributed by atoms with Crippen LogP contribution in [0.25, 0.3) is 0 Å². The van der Waals surface area contributed by atoms with Crippen molar-refractivity contribution in [1.29, 1.82) is 0 Å². The van der Waals surface area contributed by atoms with Crippen molar-refractivity contribution in [2.24, 2.45) is 0 Å². The third kappa shape index (κ3) is 3.03. The standard InChI is InChI=1S/C15H14N4O3/c20-14(17-13-6-3-8-16-18-13)10-19-11-4-1-2-5-12(11)22-9-7-15(19)21/h1-6,8H,7,9-10H2,(H,17,18,20). The van der Waals surface area contributed by atoms with Gasteiger partial charge in [-0.3, -0.25) is 14.5 Å². The van der Waals surface area contributed by atoms with Gasteiger partial charge in [-0.25, -0.2) is 0 Å². The highest BCUT2D eigenvalue weighted by molar-refractivity contribution is 6.03. The van der Waals surface area contributed by atoms with Gasteiger partial charge in [0.2, 0.25) is 11.8 Å². The quantitative estimate of drug-likeness (QED) is 0.921. The van der Waals surface area contributed by atoms with Gasteiger partial charge < -0.3 is 10.1 Å². The molecule has 7 heteroatoms. The zero-order chi connectivity index (χ0) is 15.4. The maximum absolute atomic E-state index is 12.2. The highest BCUT2D eigenvalue weighted by atomic mass is 16.5. The highest BCUT2D eigenvalue weighted by Gasteiger charge is 2.25. The fourth-order valence-corrected chi connectivity index (χ4v) is 2.19. The number of carbonyl (C=O) groups excluding carboxylic acids is 2. The summed E-state index contributed by atoms with van der Waals surface area (Å²) in [5.74, 6) is 0.449. The predicted octanol–water partition coefficient (Wildman–Crippen LogP) is 1.23. The fraction of sp³-hybridized carbons (Fsp3) is 0.200. The van der Waals surface area contributed by atoms with Gasteiger partial charge in [0.25, 0.3) is 0 Å². The molecule has 7 nitrogen and oxygen atoms in total. The Labute approximate surface area is 126 Å². The van der Waals surface area contributed by atoms with Gasteiger partial charge in [-0.05, 0) is 24.3 Å². The first-order chi connectivity index (χ1) is 10.7. The first-order valence-electron chi connectivity index (χ1n) is 6.84. The topological polar surface area (TPSA) is 84.4 Å². The van der Waals surface area contributed by atoms with Gasteiger partial charge in [0.05, 0.1) is 18.7 Å². The van der Waals surface area contributed by atoms with Crippen LogP contribution in [0.1, 0.15) is 6.42 Å². The van der Waals surface area contributed by atoms with Gasteiger partial charge in [0.1, 0.15) is 12.3 Å². The number of para-hydroxylation sites is 2. The second kappa shape index (κ2) is 6.21. The fourth-order valence-electron chi connectivity index (χ4n) is 2.19. The Bertz CT molecular complexity index is 690. The van der Waals surface area contributed by atoms with E-state index in [4.69, 9.17) is 4.74 Å². The first kappa shape index (κ1) is 14.0. The molecule has 0 unspecified atom stereocenters. The number of nitrogens with one attached hydrogen (secondary N) is 1. The zero-order valence-electron chi connectivity index (χ0n) is 11.7. The summed E-state index contributed by atoms with van der Waals surface area (Å²) in [4.78, 5) is 25.8. The number of amides is 2. The molecular formula is C15H14N4O3. The normalized spacial score (nSPS) is 13.8. The number of anilines is 2. The molecule has 2 aromatic rings. The van der Waals surface area contributed by atoms with Crippen LogP contribution in [0.5, 0.6) is 5.75 Å². The van der Waals surface area contributed by atoms with E-state index in [1.807, 2.05) is 6.07 Å². The van der Waals surface area contributed by atoms with Crippen molar-refractivity contribution in [3.05, 3.63) is 42.6 Å². The number of benzene rings is 1. The molecule has 0 saturated carbocycles. The van der Waals surface area contributed by atoms with Crippen molar-refractivity contribution in [2.45, 2.75) is 6.42 Å². The maximum Gasteiger partial charge on any atom is 0.245 e. The van der Waals surface area contributed by atoms with E-state index in [-0.39, 0.29) is 24.8 Å². The summed E-state index contributed by atoms with van der Waals surface area (Å²) < 4.78 is 5.53. The van der Waals surface area contributed by atoms with Crippen molar-refractivity contribution in [1.82, 2.24) is 10.2 Å². The number of hydrogen-bond donors (Lipinski definition) is 1. The number of fused-ring (bicyclic) bond motifs is 1. The van der Waals surface area contributed by atoms with Crippen LogP contribution < -0.4 is 15.0 Å². The predicted molar refractivity (Wildman–Crippen MR) is 79.6 cm³/mol. The molecule has 2 amide bonds. The number of hydrogen-bond acceptors (Lipinski definition) is 5. The van der Waals surface area contributed by atoms with E-state index in [1.54, 1.807) is 30.3 Å². The minimum Gasteiger partial charge on any atom is -0.491 e. The molecule has 0 radical (unpaired) electrons. The molecule has 3 rings (SSSR count). The number of aromatic nitrogens is 2. The second-order valence-corrected chi connectivity index (χ2v) is 4.70. The summed E-state index contributed by atoms with van der Waals surface area (Å²) in [7, 11) is 0. The van der Waals surface area contributed by atoms with E-state index in [9.17, 15) is 9.59 Å². The third-order valence-corrected chi connectivity index (χ3v) is 3.17. The Kier molecular flexibility index (Phi) is 3.95. The van der Waals surface area contributed by atoms with Gasteiger partial charge in [0.15, 0.2) is 5.82 Å². The number of nitrogens with zero attached hydrogens (tertiary/aromatic N) is 3. The summed E-state index contributed by atoms with van der Waals surface area (Å²) in [5.41, 5.74) is 0.597. The lowest BCUT2D eigenvalue weighted by Gasteiger charge is -2.21. The largest absolute Gasteiger partial charge is 0.491 e. The molecule has 1 aromatic heterocycles. The van der Waals surface area contributed by atoms with E-state index >= 15 is 0 Å². The Morgan fingerprint density at radius 2 is 2.14 bits per heavy atom. The average molecular weight is 298 g/mol. The molecule has 1 aliphatic rings. The molecule has 0 atom stereocenters. The van der Waals surface area contributed by atoms with Crippen LogP contribution >= 0.6 is 0 Å². The lowest BCUT2D eigenvalue weighted by molar-refractivity contribution is -0.121. The third-order valence-electron chi connectivity index (χ3n) is 3.17. The van der Waals surface area contributed by atoms with E-state index in [0.29, 0.717) is 23.9 Å². The minimum absolute atomic E-state index is 0.101. The van der Waals surface area contributed by atoms with Gasteiger partial charge >= 0.3 is 0 Å². The van der Waals surface area contributed by atoms with Gasteiger partial charge in [0, 0.05) is 6.20 Å². The first-order valence-corrected chi connectivity index (χ1v) is 6.84. The van der Waals surface area contributed by atoms with Crippen LogP contribution in [0.2, 0.25) is 0 Å². The van der Waals surface area contributed by atoms with Crippen LogP contribution in [0, 0.1) is 0 Å². The minimum atomic E-state index is -0.342. The molecule has 1 N–H and O–H groups in total. The van der Waals surface area contributed by atoms with Crippen molar-refractivity contribution in [3.63, 3.8) is 0 Å². The SMILES string of the molecule is O=C(CN1C(=O)CCOc2ccccc21)Nc1cccnn1. The molecule has 1 aliphatic heterocycles. The van der Waals surface area contributed by atoms with Crippen LogP contribution in [0.3, 0.4) is 0 Å². The van der Waals surface area contributed by atoms with Crippen LogP contribution in [-0.2, 0) is 9.59 Å². The van der Waals surface area contributed by atoms with E-state index in [1.165, 1.54) is 11.1 Å². The van der Waals surface area contributed by atoms with Gasteiger partial charge in [-0.2, -0.15) is 5.10 Å². The summed E-state index contributed by atoms with van der Waals surface area (Å²) >= 11 is 0. The van der Waals surface area contributed by atoms with E-state index in [0.717, 1.165) is 0 Å². The Morgan fingerprint density at radius 1 is 1.27 bits per heavy atom. The molecule has 0 bridgehead atoms. The number of ether oxygens (including phenoxy) is 1. The molecule has 0 saturated heterocycles. The summed E-state index contributed by atoms with van der Waals surface area (Å²) in [6, 6.07) is 10.5. The van der Waals surface area contributed by atoms with Gasteiger partial charge in [-0.15, -0.1) is 5.10 Å². The van der Waals surface area contributed by atoms with Crippen molar-refractivity contribution in [2.75, 3.05) is 23.4 Å². The van der Waals surface area contributed by atoms with Crippen molar-refractivity contribution in [3.8, 4) is 5.75 Å². The second-order valence-electron chi connectivity index (χ2n) is 4.70. The zero-order valence-corrected chi connectivity index (χ0v) is 11.7. The van der Waals surface area contributed by atoms with Crippen molar-refractivity contribution >= 4 is 23.3 Å². The molecule has 0 spiro atoms. The Balaban J connectivity index is 1.78.